The number of carbonyl (C=O) groups excluding carboxylic acids is 1. The van der Waals surface area contributed by atoms with E-state index in [2.05, 4.69) is 10.6 Å². The monoisotopic (exact) mass is 286 g/mol. The lowest BCUT2D eigenvalue weighted by Gasteiger charge is -2.07. The molecule has 0 bridgehead atoms. The SMILES string of the molecule is CCNc1ccc(C(=O)Nc2ccc(SC)cc2)cc1. The molecule has 0 spiro atoms. The average Bonchev–Trinajstić information content (AvgIpc) is 2.49. The van der Waals surface area contributed by atoms with Crippen molar-refractivity contribution in [2.24, 2.45) is 0 Å². The number of hydrogen-bond acceptors (Lipinski definition) is 3. The number of hydrogen-bond donors (Lipinski definition) is 2. The van der Waals surface area contributed by atoms with Gasteiger partial charge < -0.3 is 10.6 Å². The van der Waals surface area contributed by atoms with Gasteiger partial charge in [0.05, 0.1) is 0 Å². The Morgan fingerprint density at radius 2 is 1.60 bits per heavy atom. The van der Waals surface area contributed by atoms with Gasteiger partial charge in [-0.3, -0.25) is 4.79 Å². The lowest BCUT2D eigenvalue weighted by Crippen LogP contribution is -2.11. The molecule has 0 saturated carbocycles. The van der Waals surface area contributed by atoms with Crippen LogP contribution in [0.1, 0.15) is 17.3 Å². The molecule has 0 aliphatic rings. The fourth-order valence-corrected chi connectivity index (χ4v) is 2.23. The maximum atomic E-state index is 12.1. The molecule has 0 aliphatic heterocycles. The molecule has 2 aromatic rings. The molecule has 0 heterocycles. The van der Waals surface area contributed by atoms with Gasteiger partial charge in [-0.05, 0) is 61.7 Å². The van der Waals surface area contributed by atoms with E-state index in [1.807, 2.05) is 61.7 Å². The normalized spacial score (nSPS) is 10.1. The second-order valence-corrected chi connectivity index (χ2v) is 5.17. The first-order valence-electron chi connectivity index (χ1n) is 6.52. The van der Waals surface area contributed by atoms with Crippen LogP contribution in [0, 0.1) is 0 Å². The Morgan fingerprint density at radius 1 is 1.00 bits per heavy atom. The van der Waals surface area contributed by atoms with Gasteiger partial charge in [0.1, 0.15) is 0 Å². The molecule has 0 atom stereocenters. The number of carbonyl (C=O) groups is 1. The summed E-state index contributed by atoms with van der Waals surface area (Å²) < 4.78 is 0. The summed E-state index contributed by atoms with van der Waals surface area (Å²) in [6.45, 7) is 2.91. The van der Waals surface area contributed by atoms with Crippen molar-refractivity contribution in [3.8, 4) is 0 Å². The molecule has 0 fully saturated rings. The number of anilines is 2. The van der Waals surface area contributed by atoms with Crippen LogP contribution in [-0.2, 0) is 0 Å². The van der Waals surface area contributed by atoms with Crippen molar-refractivity contribution in [2.45, 2.75) is 11.8 Å². The second kappa shape index (κ2) is 7.01. The number of nitrogens with one attached hydrogen (secondary N) is 2. The molecule has 0 aliphatic carbocycles. The van der Waals surface area contributed by atoms with Crippen LogP contribution in [0.3, 0.4) is 0 Å². The highest BCUT2D eigenvalue weighted by molar-refractivity contribution is 7.98. The number of benzene rings is 2. The maximum absolute atomic E-state index is 12.1. The van der Waals surface area contributed by atoms with Gasteiger partial charge in [0.15, 0.2) is 0 Å². The van der Waals surface area contributed by atoms with Gasteiger partial charge in [0, 0.05) is 28.4 Å². The van der Waals surface area contributed by atoms with E-state index in [1.54, 1.807) is 11.8 Å². The van der Waals surface area contributed by atoms with E-state index in [1.165, 1.54) is 4.90 Å². The summed E-state index contributed by atoms with van der Waals surface area (Å²) in [6, 6.07) is 15.3. The Labute approximate surface area is 123 Å². The van der Waals surface area contributed by atoms with Crippen LogP contribution in [0.15, 0.2) is 53.4 Å². The van der Waals surface area contributed by atoms with Crippen molar-refractivity contribution in [3.63, 3.8) is 0 Å². The Balaban J connectivity index is 2.03. The summed E-state index contributed by atoms with van der Waals surface area (Å²) in [7, 11) is 0. The fraction of sp³-hybridized carbons (Fsp3) is 0.188. The number of amides is 1. The zero-order valence-electron chi connectivity index (χ0n) is 11.6. The van der Waals surface area contributed by atoms with Crippen LogP contribution < -0.4 is 10.6 Å². The van der Waals surface area contributed by atoms with Gasteiger partial charge in [-0.2, -0.15) is 0 Å². The molecule has 2 N–H and O–H groups in total. The summed E-state index contributed by atoms with van der Waals surface area (Å²) >= 11 is 1.68. The maximum Gasteiger partial charge on any atom is 0.255 e. The molecule has 0 radical (unpaired) electrons. The fourth-order valence-electron chi connectivity index (χ4n) is 1.82. The van der Waals surface area contributed by atoms with Crippen LogP contribution in [0.5, 0.6) is 0 Å². The smallest absolute Gasteiger partial charge is 0.255 e. The molecule has 104 valence electrons. The Kier molecular flexibility index (Phi) is 5.07. The van der Waals surface area contributed by atoms with Crippen molar-refractivity contribution >= 4 is 29.0 Å². The topological polar surface area (TPSA) is 41.1 Å². The third kappa shape index (κ3) is 3.78. The van der Waals surface area contributed by atoms with Crippen LogP contribution in [0.4, 0.5) is 11.4 Å². The summed E-state index contributed by atoms with van der Waals surface area (Å²) in [5.41, 5.74) is 2.48. The summed E-state index contributed by atoms with van der Waals surface area (Å²) in [5, 5.41) is 6.09. The molecule has 2 aromatic carbocycles. The van der Waals surface area contributed by atoms with Gasteiger partial charge in [-0.25, -0.2) is 0 Å². The number of thioether (sulfide) groups is 1. The summed E-state index contributed by atoms with van der Waals surface area (Å²) in [4.78, 5) is 13.3. The molecule has 1 amide bonds. The van der Waals surface area contributed by atoms with E-state index in [0.717, 1.165) is 17.9 Å². The summed E-state index contributed by atoms with van der Waals surface area (Å²) in [5.74, 6) is -0.0926. The molecule has 0 aromatic heterocycles. The molecule has 20 heavy (non-hydrogen) atoms. The van der Waals surface area contributed by atoms with Gasteiger partial charge in [-0.1, -0.05) is 0 Å². The van der Waals surface area contributed by atoms with E-state index in [-0.39, 0.29) is 5.91 Å². The highest BCUT2D eigenvalue weighted by Gasteiger charge is 2.05. The van der Waals surface area contributed by atoms with E-state index < -0.39 is 0 Å². The zero-order valence-corrected chi connectivity index (χ0v) is 12.5. The first-order chi connectivity index (χ1) is 9.72. The molecular weight excluding hydrogens is 268 g/mol. The average molecular weight is 286 g/mol. The predicted molar refractivity (Wildman–Crippen MR) is 86.8 cm³/mol. The van der Waals surface area contributed by atoms with E-state index >= 15 is 0 Å². The Hall–Kier alpha value is -1.94. The first-order valence-corrected chi connectivity index (χ1v) is 7.74. The quantitative estimate of drug-likeness (QED) is 0.813. The minimum Gasteiger partial charge on any atom is -0.385 e. The zero-order chi connectivity index (χ0) is 14.4. The van der Waals surface area contributed by atoms with E-state index in [4.69, 9.17) is 0 Å². The molecule has 0 unspecified atom stereocenters. The second-order valence-electron chi connectivity index (χ2n) is 4.29. The standard InChI is InChI=1S/C16H18N2OS/c1-3-17-13-6-4-12(5-7-13)16(19)18-14-8-10-15(20-2)11-9-14/h4-11,17H,3H2,1-2H3,(H,18,19). The van der Waals surface area contributed by atoms with E-state index in [0.29, 0.717) is 5.56 Å². The van der Waals surface area contributed by atoms with Crippen LogP contribution in [-0.4, -0.2) is 18.7 Å². The molecule has 3 nitrogen and oxygen atoms in total. The van der Waals surface area contributed by atoms with E-state index in [9.17, 15) is 4.79 Å². The first kappa shape index (κ1) is 14.5. The Morgan fingerprint density at radius 3 is 2.15 bits per heavy atom. The predicted octanol–water partition coefficient (Wildman–Crippen LogP) is 4.09. The van der Waals surface area contributed by atoms with Gasteiger partial charge in [0.2, 0.25) is 0 Å². The van der Waals surface area contributed by atoms with Crippen LogP contribution in [0.2, 0.25) is 0 Å². The minimum absolute atomic E-state index is 0.0926. The molecule has 4 heteroatoms. The lowest BCUT2D eigenvalue weighted by atomic mass is 10.2. The van der Waals surface area contributed by atoms with Crippen molar-refractivity contribution in [1.82, 2.24) is 0 Å². The largest absolute Gasteiger partial charge is 0.385 e. The van der Waals surface area contributed by atoms with Crippen molar-refractivity contribution in [3.05, 3.63) is 54.1 Å². The van der Waals surface area contributed by atoms with Crippen LogP contribution in [0.25, 0.3) is 0 Å². The van der Waals surface area contributed by atoms with Gasteiger partial charge >= 0.3 is 0 Å². The third-order valence-electron chi connectivity index (χ3n) is 2.88. The Bertz CT molecular complexity index is 564. The third-order valence-corrected chi connectivity index (χ3v) is 3.62. The molecular formula is C16H18N2OS. The number of rotatable bonds is 5. The summed E-state index contributed by atoms with van der Waals surface area (Å²) in [6.07, 6.45) is 2.03. The van der Waals surface area contributed by atoms with Gasteiger partial charge in [0.25, 0.3) is 5.91 Å². The van der Waals surface area contributed by atoms with Crippen molar-refractivity contribution in [1.29, 1.82) is 0 Å². The minimum atomic E-state index is -0.0926. The molecule has 0 saturated heterocycles. The highest BCUT2D eigenvalue weighted by atomic mass is 32.2. The lowest BCUT2D eigenvalue weighted by molar-refractivity contribution is 0.102. The highest BCUT2D eigenvalue weighted by Crippen LogP contribution is 2.18. The van der Waals surface area contributed by atoms with Crippen molar-refractivity contribution in [2.75, 3.05) is 23.4 Å². The molecule has 2 rings (SSSR count). The van der Waals surface area contributed by atoms with Crippen LogP contribution >= 0.6 is 11.8 Å². The van der Waals surface area contributed by atoms with Gasteiger partial charge in [-0.15, -0.1) is 11.8 Å². The van der Waals surface area contributed by atoms with Crippen molar-refractivity contribution < 1.29 is 4.79 Å².